The number of hydrogen-bond acceptors (Lipinski definition) is 3. The van der Waals surface area contributed by atoms with Crippen LogP contribution < -0.4 is 5.32 Å². The minimum Gasteiger partial charge on any atom is -0.310 e. The molecule has 1 aromatic rings. The van der Waals surface area contributed by atoms with Crippen molar-refractivity contribution in [2.45, 2.75) is 44.7 Å². The molecule has 1 saturated heterocycles. The maximum Gasteiger partial charge on any atom is 0.0812 e. The lowest BCUT2D eigenvalue weighted by atomic mass is 9.88. The molecule has 1 aliphatic heterocycles. The quantitative estimate of drug-likeness (QED) is 0.886. The fourth-order valence-corrected chi connectivity index (χ4v) is 3.10. The van der Waals surface area contributed by atoms with E-state index in [4.69, 9.17) is 0 Å². The Balaban J connectivity index is 2.19. The Morgan fingerprint density at radius 1 is 1.28 bits per heavy atom. The molecule has 0 radical (unpaired) electrons. The molecule has 1 unspecified atom stereocenters. The molecule has 1 aliphatic rings. The SMILES string of the molecule is CNC(c1ccn(C)n1)C(C)(C)N1CCCCC1. The van der Waals surface area contributed by atoms with Crippen LogP contribution in [0.4, 0.5) is 0 Å². The van der Waals surface area contributed by atoms with Gasteiger partial charge in [-0.05, 0) is 52.9 Å². The van der Waals surface area contributed by atoms with Gasteiger partial charge in [0.2, 0.25) is 0 Å². The number of aryl methyl sites for hydroxylation is 1. The molecule has 0 saturated carbocycles. The second kappa shape index (κ2) is 5.41. The molecule has 0 aliphatic carbocycles. The summed E-state index contributed by atoms with van der Waals surface area (Å²) in [4.78, 5) is 2.60. The Morgan fingerprint density at radius 3 is 2.44 bits per heavy atom. The third-order valence-electron chi connectivity index (χ3n) is 4.20. The summed E-state index contributed by atoms with van der Waals surface area (Å²) in [6, 6.07) is 2.39. The number of piperidine rings is 1. The predicted octanol–water partition coefficient (Wildman–Crippen LogP) is 1.95. The van der Waals surface area contributed by atoms with Crippen molar-refractivity contribution in [3.8, 4) is 0 Å². The zero-order valence-corrected chi connectivity index (χ0v) is 12.1. The van der Waals surface area contributed by atoms with E-state index in [9.17, 15) is 0 Å². The van der Waals surface area contributed by atoms with Gasteiger partial charge in [-0.1, -0.05) is 6.42 Å². The van der Waals surface area contributed by atoms with Gasteiger partial charge in [0.05, 0.1) is 11.7 Å². The summed E-state index contributed by atoms with van der Waals surface area (Å²) in [6.45, 7) is 7.07. The molecule has 18 heavy (non-hydrogen) atoms. The molecule has 1 aromatic heterocycles. The van der Waals surface area contributed by atoms with Gasteiger partial charge in [0.25, 0.3) is 0 Å². The molecule has 0 bridgehead atoms. The second-order valence-electron chi connectivity index (χ2n) is 5.84. The molecular formula is C14H26N4. The van der Waals surface area contributed by atoms with Crippen LogP contribution in [-0.4, -0.2) is 40.4 Å². The van der Waals surface area contributed by atoms with Gasteiger partial charge in [-0.25, -0.2) is 0 Å². The third kappa shape index (κ3) is 2.59. The normalized spacial score (nSPS) is 20.0. The predicted molar refractivity (Wildman–Crippen MR) is 74.5 cm³/mol. The van der Waals surface area contributed by atoms with Gasteiger partial charge in [0.15, 0.2) is 0 Å². The highest BCUT2D eigenvalue weighted by atomic mass is 15.3. The van der Waals surface area contributed by atoms with E-state index in [1.54, 1.807) is 0 Å². The van der Waals surface area contributed by atoms with Crippen molar-refractivity contribution in [1.82, 2.24) is 20.0 Å². The fourth-order valence-electron chi connectivity index (χ4n) is 3.10. The molecule has 1 N–H and O–H groups in total. The molecular weight excluding hydrogens is 224 g/mol. The molecule has 0 amide bonds. The van der Waals surface area contributed by atoms with Gasteiger partial charge in [0, 0.05) is 18.8 Å². The molecule has 102 valence electrons. The summed E-state index contributed by atoms with van der Waals surface area (Å²) in [5, 5.41) is 8.02. The smallest absolute Gasteiger partial charge is 0.0812 e. The number of likely N-dealkylation sites (tertiary alicyclic amines) is 1. The third-order valence-corrected chi connectivity index (χ3v) is 4.20. The highest BCUT2D eigenvalue weighted by Gasteiger charge is 2.37. The number of nitrogens with zero attached hydrogens (tertiary/aromatic N) is 3. The average Bonchev–Trinajstić information content (AvgIpc) is 2.77. The number of aromatic nitrogens is 2. The minimum absolute atomic E-state index is 0.101. The van der Waals surface area contributed by atoms with Crippen molar-refractivity contribution in [3.05, 3.63) is 18.0 Å². The van der Waals surface area contributed by atoms with Gasteiger partial charge in [-0.2, -0.15) is 5.10 Å². The summed E-state index contributed by atoms with van der Waals surface area (Å²) in [5.41, 5.74) is 1.24. The van der Waals surface area contributed by atoms with Gasteiger partial charge < -0.3 is 5.32 Å². The Kier molecular flexibility index (Phi) is 4.07. The zero-order valence-electron chi connectivity index (χ0n) is 12.1. The van der Waals surface area contributed by atoms with E-state index in [1.165, 1.54) is 32.4 Å². The average molecular weight is 250 g/mol. The van der Waals surface area contributed by atoms with Crippen LogP contribution in [0.1, 0.15) is 44.8 Å². The molecule has 1 fully saturated rings. The summed E-state index contributed by atoms with van der Waals surface area (Å²) in [6.07, 6.45) is 6.04. The van der Waals surface area contributed by atoms with Crippen molar-refractivity contribution >= 4 is 0 Å². The van der Waals surface area contributed by atoms with Gasteiger partial charge >= 0.3 is 0 Å². The standard InChI is InChI=1S/C14H26N4/c1-14(2,18-9-6-5-7-10-18)13(15-3)12-8-11-17(4)16-12/h8,11,13,15H,5-7,9-10H2,1-4H3. The number of likely N-dealkylation sites (N-methyl/N-ethyl adjacent to an activating group) is 1. The Hall–Kier alpha value is -0.870. The Bertz CT molecular complexity index is 377. The van der Waals surface area contributed by atoms with Crippen molar-refractivity contribution in [2.24, 2.45) is 7.05 Å². The highest BCUT2D eigenvalue weighted by Crippen LogP contribution is 2.32. The van der Waals surface area contributed by atoms with Crippen LogP contribution in [0.25, 0.3) is 0 Å². The first kappa shape index (κ1) is 13.6. The monoisotopic (exact) mass is 250 g/mol. The fraction of sp³-hybridized carbons (Fsp3) is 0.786. The summed E-state index contributed by atoms with van der Waals surface area (Å²) >= 11 is 0. The van der Waals surface area contributed by atoms with Crippen LogP contribution in [0.2, 0.25) is 0 Å². The van der Waals surface area contributed by atoms with E-state index >= 15 is 0 Å². The van der Waals surface area contributed by atoms with Gasteiger partial charge in [-0.15, -0.1) is 0 Å². The molecule has 0 spiro atoms. The first-order valence-electron chi connectivity index (χ1n) is 6.97. The Morgan fingerprint density at radius 2 is 1.94 bits per heavy atom. The van der Waals surface area contributed by atoms with E-state index in [1.807, 2.05) is 25.0 Å². The van der Waals surface area contributed by atoms with Crippen LogP contribution in [-0.2, 0) is 7.05 Å². The molecule has 2 heterocycles. The molecule has 2 rings (SSSR count). The number of nitrogens with one attached hydrogen (secondary N) is 1. The molecule has 1 atom stereocenters. The largest absolute Gasteiger partial charge is 0.310 e. The summed E-state index contributed by atoms with van der Waals surface area (Å²) < 4.78 is 1.88. The number of rotatable bonds is 4. The maximum absolute atomic E-state index is 4.57. The molecule has 0 aromatic carbocycles. The van der Waals surface area contributed by atoms with Gasteiger partial charge in [-0.3, -0.25) is 9.58 Å². The Labute approximate surface area is 110 Å². The second-order valence-corrected chi connectivity index (χ2v) is 5.84. The van der Waals surface area contributed by atoms with Gasteiger partial charge in [0.1, 0.15) is 0 Å². The summed E-state index contributed by atoms with van der Waals surface area (Å²) in [5.74, 6) is 0. The van der Waals surface area contributed by atoms with E-state index in [0.717, 1.165) is 5.69 Å². The van der Waals surface area contributed by atoms with E-state index in [-0.39, 0.29) is 11.6 Å². The first-order valence-corrected chi connectivity index (χ1v) is 6.97. The lowest BCUT2D eigenvalue weighted by Gasteiger charge is -2.45. The van der Waals surface area contributed by atoms with E-state index < -0.39 is 0 Å². The van der Waals surface area contributed by atoms with E-state index in [0.29, 0.717) is 0 Å². The minimum atomic E-state index is 0.101. The van der Waals surface area contributed by atoms with Crippen LogP contribution in [0.5, 0.6) is 0 Å². The maximum atomic E-state index is 4.57. The number of hydrogen-bond donors (Lipinski definition) is 1. The molecule has 4 nitrogen and oxygen atoms in total. The summed E-state index contributed by atoms with van der Waals surface area (Å²) in [7, 11) is 4.01. The van der Waals surface area contributed by atoms with Crippen molar-refractivity contribution in [3.63, 3.8) is 0 Å². The zero-order chi connectivity index (χ0) is 13.2. The lowest BCUT2D eigenvalue weighted by Crippen LogP contribution is -2.53. The van der Waals surface area contributed by atoms with Crippen LogP contribution in [0, 0.1) is 0 Å². The van der Waals surface area contributed by atoms with Crippen LogP contribution in [0.3, 0.4) is 0 Å². The van der Waals surface area contributed by atoms with Crippen molar-refractivity contribution in [2.75, 3.05) is 20.1 Å². The lowest BCUT2D eigenvalue weighted by molar-refractivity contribution is 0.0618. The van der Waals surface area contributed by atoms with Crippen molar-refractivity contribution < 1.29 is 0 Å². The van der Waals surface area contributed by atoms with Crippen LogP contribution in [0.15, 0.2) is 12.3 Å². The topological polar surface area (TPSA) is 33.1 Å². The molecule has 4 heteroatoms. The van der Waals surface area contributed by atoms with Crippen LogP contribution >= 0.6 is 0 Å². The van der Waals surface area contributed by atoms with Crippen molar-refractivity contribution in [1.29, 1.82) is 0 Å². The highest BCUT2D eigenvalue weighted by molar-refractivity contribution is 5.12. The van der Waals surface area contributed by atoms with E-state index in [2.05, 4.69) is 35.2 Å². The first-order chi connectivity index (χ1) is 8.55.